The van der Waals surface area contributed by atoms with Crippen LogP contribution >= 0.6 is 0 Å². The van der Waals surface area contributed by atoms with Gasteiger partial charge in [0.2, 0.25) is 0 Å². The fourth-order valence-corrected chi connectivity index (χ4v) is 2.66. The van der Waals surface area contributed by atoms with Crippen molar-refractivity contribution in [3.8, 4) is 0 Å². The summed E-state index contributed by atoms with van der Waals surface area (Å²) in [7, 11) is 0. The summed E-state index contributed by atoms with van der Waals surface area (Å²) < 4.78 is 13.4. The molecule has 122 valence electrons. The zero-order valence-electron chi connectivity index (χ0n) is 12.8. The van der Waals surface area contributed by atoms with Gasteiger partial charge >= 0.3 is 0 Å². The highest BCUT2D eigenvalue weighted by Crippen LogP contribution is 2.23. The normalized spacial score (nSPS) is 20.0. The Morgan fingerprint density at radius 1 is 1.21 bits per heavy atom. The first-order chi connectivity index (χ1) is 11.8. The second kappa shape index (κ2) is 6.38. The number of benzene rings is 1. The van der Waals surface area contributed by atoms with Crippen LogP contribution in [0, 0.1) is 0 Å². The number of aromatic amines is 1. The Kier molecular flexibility index (Phi) is 3.94. The number of imidazole rings is 1. The lowest BCUT2D eigenvalue weighted by Crippen LogP contribution is -2.17. The molecule has 3 heterocycles. The molecular formula is C17H16N4O3. The van der Waals surface area contributed by atoms with Crippen LogP contribution in [-0.4, -0.2) is 32.2 Å². The highest BCUT2D eigenvalue weighted by Gasteiger charge is 2.23. The summed E-state index contributed by atoms with van der Waals surface area (Å²) in [5, 5.41) is 0. The number of hydrogen-bond donors (Lipinski definition) is 1. The zero-order chi connectivity index (χ0) is 16.4. The molecule has 0 fully saturated rings. The predicted octanol–water partition coefficient (Wildman–Crippen LogP) is 1.79. The van der Waals surface area contributed by atoms with E-state index < -0.39 is 0 Å². The molecule has 1 aliphatic rings. The fraction of sp³-hybridized carbons (Fsp3) is 0.235. The predicted molar refractivity (Wildman–Crippen MR) is 87.3 cm³/mol. The Labute approximate surface area is 137 Å². The van der Waals surface area contributed by atoms with Gasteiger partial charge in [-0.3, -0.25) is 9.36 Å². The smallest absolute Gasteiger partial charge is 0.278 e. The van der Waals surface area contributed by atoms with Crippen LogP contribution in [-0.2, 0) is 16.1 Å². The molecule has 0 bridgehead atoms. The maximum atomic E-state index is 11.7. The Morgan fingerprint density at radius 3 is 2.96 bits per heavy atom. The van der Waals surface area contributed by atoms with E-state index in [0.29, 0.717) is 24.4 Å². The molecule has 0 amide bonds. The maximum absolute atomic E-state index is 11.7. The molecule has 24 heavy (non-hydrogen) atoms. The standard InChI is InChI=1S/C17H16N4O3/c22-17-15-16(18-10-19-17)21(11-20-15)14-7-6-13(24-14)9-23-8-12-4-2-1-3-5-12/h1-7,10-11,13-14H,8-9H2,(H,18,19,22)/t13-,14+/m0/s1. The zero-order valence-corrected chi connectivity index (χ0v) is 12.8. The SMILES string of the molecule is O=c1[nH]cnc2c1ncn2[C@H]1C=C[C@@H](COCc2ccccc2)O1. The van der Waals surface area contributed by atoms with Crippen LogP contribution in [0.1, 0.15) is 11.8 Å². The summed E-state index contributed by atoms with van der Waals surface area (Å²) in [5.74, 6) is 0. The van der Waals surface area contributed by atoms with Gasteiger partial charge in [0.05, 0.1) is 25.9 Å². The van der Waals surface area contributed by atoms with Gasteiger partial charge in [0.1, 0.15) is 6.10 Å². The van der Waals surface area contributed by atoms with Crippen LogP contribution < -0.4 is 5.56 Å². The van der Waals surface area contributed by atoms with Crippen LogP contribution in [0.3, 0.4) is 0 Å². The third kappa shape index (κ3) is 2.86. The average molecular weight is 324 g/mol. The number of fused-ring (bicyclic) bond motifs is 1. The number of nitrogens with zero attached hydrogens (tertiary/aromatic N) is 3. The first kappa shape index (κ1) is 14.8. The van der Waals surface area contributed by atoms with Gasteiger partial charge in [-0.25, -0.2) is 9.97 Å². The van der Waals surface area contributed by atoms with Gasteiger partial charge in [0.25, 0.3) is 5.56 Å². The van der Waals surface area contributed by atoms with Gasteiger partial charge in [-0.2, -0.15) is 0 Å². The maximum Gasteiger partial charge on any atom is 0.278 e. The first-order valence-corrected chi connectivity index (χ1v) is 7.67. The molecule has 1 aliphatic heterocycles. The van der Waals surface area contributed by atoms with Crippen molar-refractivity contribution in [1.82, 2.24) is 19.5 Å². The minimum absolute atomic E-state index is 0.141. The molecule has 0 saturated heterocycles. The summed E-state index contributed by atoms with van der Waals surface area (Å²) in [6.45, 7) is 1.01. The van der Waals surface area contributed by atoms with Crippen molar-refractivity contribution in [2.45, 2.75) is 18.9 Å². The molecule has 0 spiro atoms. The molecule has 7 nitrogen and oxygen atoms in total. The monoisotopic (exact) mass is 324 g/mol. The van der Waals surface area contributed by atoms with E-state index in [9.17, 15) is 4.79 Å². The molecule has 1 N–H and O–H groups in total. The van der Waals surface area contributed by atoms with Crippen LogP contribution in [0.2, 0.25) is 0 Å². The van der Waals surface area contributed by atoms with Crippen molar-refractivity contribution in [1.29, 1.82) is 0 Å². The Bertz CT molecular complexity index is 916. The molecule has 0 aliphatic carbocycles. The van der Waals surface area contributed by atoms with Crippen molar-refractivity contribution >= 4 is 11.2 Å². The van der Waals surface area contributed by atoms with Gasteiger partial charge in [0, 0.05) is 0 Å². The van der Waals surface area contributed by atoms with Gasteiger partial charge < -0.3 is 14.5 Å². The number of hydrogen-bond acceptors (Lipinski definition) is 5. The van der Waals surface area contributed by atoms with E-state index in [1.54, 1.807) is 10.9 Å². The third-order valence-corrected chi connectivity index (χ3v) is 3.84. The number of ether oxygens (including phenoxy) is 2. The molecule has 0 unspecified atom stereocenters. The largest absolute Gasteiger partial charge is 0.374 e. The second-order valence-corrected chi connectivity index (χ2v) is 5.51. The highest BCUT2D eigenvalue weighted by molar-refractivity contribution is 5.68. The summed E-state index contributed by atoms with van der Waals surface area (Å²) >= 11 is 0. The van der Waals surface area contributed by atoms with E-state index in [4.69, 9.17) is 9.47 Å². The molecule has 2 atom stereocenters. The molecule has 0 radical (unpaired) electrons. The Balaban J connectivity index is 1.39. The molecule has 3 aromatic rings. The van der Waals surface area contributed by atoms with Crippen LogP contribution in [0.25, 0.3) is 11.2 Å². The minimum atomic E-state index is -0.338. The summed E-state index contributed by atoms with van der Waals surface area (Å²) in [4.78, 5) is 22.5. The van der Waals surface area contributed by atoms with Crippen molar-refractivity contribution < 1.29 is 9.47 Å². The lowest BCUT2D eigenvalue weighted by Gasteiger charge is -2.15. The minimum Gasteiger partial charge on any atom is -0.374 e. The second-order valence-electron chi connectivity index (χ2n) is 5.51. The number of H-pyrrole nitrogens is 1. The number of rotatable bonds is 5. The van der Waals surface area contributed by atoms with Crippen LogP contribution in [0.15, 0.2) is 59.9 Å². The van der Waals surface area contributed by atoms with Crippen molar-refractivity contribution in [2.75, 3.05) is 6.61 Å². The van der Waals surface area contributed by atoms with Crippen molar-refractivity contribution in [3.63, 3.8) is 0 Å². The lowest BCUT2D eigenvalue weighted by atomic mass is 10.2. The van der Waals surface area contributed by atoms with Crippen LogP contribution in [0.5, 0.6) is 0 Å². The number of aromatic nitrogens is 4. The average Bonchev–Trinajstić information content (AvgIpc) is 3.23. The van der Waals surface area contributed by atoms with Crippen LogP contribution in [0.4, 0.5) is 0 Å². The third-order valence-electron chi connectivity index (χ3n) is 3.84. The topological polar surface area (TPSA) is 82.0 Å². The summed E-state index contributed by atoms with van der Waals surface area (Å²) in [5.41, 5.74) is 1.67. The fourth-order valence-electron chi connectivity index (χ4n) is 2.66. The molecule has 7 heteroatoms. The summed E-state index contributed by atoms with van der Waals surface area (Å²) in [6, 6.07) is 9.99. The van der Waals surface area contributed by atoms with Gasteiger partial charge in [-0.1, -0.05) is 36.4 Å². The summed E-state index contributed by atoms with van der Waals surface area (Å²) in [6.07, 6.45) is 6.32. The quantitative estimate of drug-likeness (QED) is 0.724. The van der Waals surface area contributed by atoms with E-state index in [1.165, 1.54) is 6.33 Å². The highest BCUT2D eigenvalue weighted by atomic mass is 16.5. The van der Waals surface area contributed by atoms with E-state index in [1.807, 2.05) is 42.5 Å². The molecule has 0 saturated carbocycles. The molecule has 2 aromatic heterocycles. The van der Waals surface area contributed by atoms with Crippen molar-refractivity contribution in [2.24, 2.45) is 0 Å². The molecule has 4 rings (SSSR count). The van der Waals surface area contributed by atoms with E-state index >= 15 is 0 Å². The Morgan fingerprint density at radius 2 is 2.08 bits per heavy atom. The van der Waals surface area contributed by atoms with Gasteiger partial charge in [0.15, 0.2) is 17.4 Å². The Hall–Kier alpha value is -2.77. The van der Waals surface area contributed by atoms with Gasteiger partial charge in [-0.15, -0.1) is 0 Å². The lowest BCUT2D eigenvalue weighted by molar-refractivity contribution is -0.0313. The van der Waals surface area contributed by atoms with E-state index in [-0.39, 0.29) is 17.9 Å². The van der Waals surface area contributed by atoms with Gasteiger partial charge in [-0.05, 0) is 11.6 Å². The van der Waals surface area contributed by atoms with Crippen molar-refractivity contribution in [3.05, 3.63) is 71.1 Å². The van der Waals surface area contributed by atoms with E-state index in [2.05, 4.69) is 15.0 Å². The first-order valence-electron chi connectivity index (χ1n) is 7.67. The molecular weight excluding hydrogens is 308 g/mol. The van der Waals surface area contributed by atoms with E-state index in [0.717, 1.165) is 5.56 Å². The molecule has 1 aromatic carbocycles. The number of nitrogens with one attached hydrogen (secondary N) is 1.